The second-order valence-electron chi connectivity index (χ2n) is 29.6. The molecular weight excluding hydrogens is 1670 g/mol. The van der Waals surface area contributed by atoms with Crippen LogP contribution in [0.4, 0.5) is 84.5 Å². The molecule has 18 aromatic rings. The minimum Gasteiger partial charge on any atom is -0.399 e. The summed E-state index contributed by atoms with van der Waals surface area (Å²) in [7, 11) is 1.25. The van der Waals surface area contributed by atoms with E-state index in [1.165, 1.54) is 112 Å². The van der Waals surface area contributed by atoms with E-state index < -0.39 is 0 Å². The number of nitrogens with two attached hydrogens (primary N) is 1. The van der Waals surface area contributed by atoms with Crippen LogP contribution in [0.15, 0.2) is 359 Å². The molecule has 0 aliphatic rings. The molecule has 594 valence electrons. The maximum absolute atomic E-state index is 15.8. The highest BCUT2D eigenvalue weighted by Gasteiger charge is 2.28. The number of anilines is 11. The number of halogens is 8. The Morgan fingerprint density at radius 1 is 0.271 bits per heavy atom. The van der Waals surface area contributed by atoms with E-state index in [9.17, 15) is 13.2 Å². The first-order valence-corrected chi connectivity index (χ1v) is 41.4. The van der Waals surface area contributed by atoms with Gasteiger partial charge in [-0.25, -0.2) is 22.0 Å². The van der Waals surface area contributed by atoms with Crippen LogP contribution in [-0.4, -0.2) is 0 Å². The summed E-state index contributed by atoms with van der Waals surface area (Å²) in [6.07, 6.45) is 0. The Labute approximate surface area is 716 Å². The third-order valence-electron chi connectivity index (χ3n) is 20.4. The molecule has 0 aliphatic heterocycles. The molecule has 0 saturated carbocycles. The van der Waals surface area contributed by atoms with E-state index >= 15 is 8.78 Å². The number of para-hydroxylation sites is 9. The molecule has 0 heterocycles. The van der Waals surface area contributed by atoms with Gasteiger partial charge in [0, 0.05) is 49.5 Å². The van der Waals surface area contributed by atoms with Crippen molar-refractivity contribution in [3.05, 3.63) is 411 Å². The van der Waals surface area contributed by atoms with Gasteiger partial charge in [0.25, 0.3) is 0 Å². The normalized spacial score (nSPS) is 11.0. The molecule has 0 spiro atoms. The topological polar surface area (TPSA) is 56.6 Å². The van der Waals surface area contributed by atoms with Gasteiger partial charge >= 0.3 is 0 Å². The first-order chi connectivity index (χ1) is 57.6. The van der Waals surface area contributed by atoms with Crippen molar-refractivity contribution in [3.63, 3.8) is 0 Å². The van der Waals surface area contributed by atoms with Crippen molar-refractivity contribution in [1.29, 1.82) is 0 Å². The number of hydrogen-bond donors (Lipinski definition) is 3. The van der Waals surface area contributed by atoms with Crippen molar-refractivity contribution in [2.24, 2.45) is 0 Å². The highest BCUT2D eigenvalue weighted by Crippen LogP contribution is 2.52. The van der Waals surface area contributed by atoms with Crippen LogP contribution in [0.1, 0.15) is 110 Å². The van der Waals surface area contributed by atoms with Crippen LogP contribution in [-0.2, 0) is 0 Å². The molecule has 0 fully saturated rings. The molecule has 5 nitrogen and oxygen atoms in total. The molecule has 18 rings (SSSR count). The Morgan fingerprint density at radius 3 is 0.831 bits per heavy atom. The fourth-order valence-electron chi connectivity index (χ4n) is 14.9. The summed E-state index contributed by atoms with van der Waals surface area (Å²) in [6, 6.07) is 109. The van der Waals surface area contributed by atoms with Crippen LogP contribution in [0.2, 0.25) is 0 Å². The van der Waals surface area contributed by atoms with Gasteiger partial charge in [-0.2, -0.15) is 0 Å². The van der Waals surface area contributed by atoms with Gasteiger partial charge in [0.2, 0.25) is 0 Å². The van der Waals surface area contributed by atoms with Crippen molar-refractivity contribution >= 4 is 175 Å². The Balaban J connectivity index is 0.000000154. The Bertz CT molecular complexity index is 6000. The lowest BCUT2D eigenvalue weighted by molar-refractivity contribution is 0.621. The first kappa shape index (κ1) is 84.1. The number of rotatable bonds is 14. The lowest BCUT2D eigenvalue weighted by Crippen LogP contribution is -2.14. The maximum Gasteiger partial charge on any atom is 0.147 e. The van der Waals surface area contributed by atoms with Gasteiger partial charge in [0.15, 0.2) is 0 Å². The summed E-state index contributed by atoms with van der Waals surface area (Å²) >= 11 is 10.6. The molecule has 118 heavy (non-hydrogen) atoms. The van der Waals surface area contributed by atoms with Crippen molar-refractivity contribution in [3.8, 4) is 0 Å². The highest BCUT2D eigenvalue weighted by atomic mass is 79.9. The van der Waals surface area contributed by atoms with Crippen LogP contribution < -0.4 is 26.2 Å². The highest BCUT2D eigenvalue weighted by molar-refractivity contribution is 9.11. The van der Waals surface area contributed by atoms with Crippen LogP contribution in [0.25, 0.3) is 64.6 Å². The predicted molar refractivity (Wildman–Crippen MR) is 505 cm³/mol. The van der Waals surface area contributed by atoms with Gasteiger partial charge in [0.05, 0.1) is 38.6 Å². The average Bonchev–Trinajstić information content (AvgIpc) is 0.708. The second kappa shape index (κ2) is 39.4. The fraction of sp³-hybridized carbons (Fsp3) is 0.124. The van der Waals surface area contributed by atoms with Gasteiger partial charge in [0.1, 0.15) is 29.1 Å². The molecule has 0 bridgehead atoms. The summed E-state index contributed by atoms with van der Waals surface area (Å²) in [4.78, 5) is 4.10. The molecule has 13 heteroatoms. The van der Waals surface area contributed by atoms with E-state index in [-0.39, 0.29) is 40.9 Å². The van der Waals surface area contributed by atoms with Crippen LogP contribution in [0.5, 0.6) is 0 Å². The molecule has 0 aliphatic carbocycles. The zero-order valence-corrected chi connectivity index (χ0v) is 72.0. The average molecular weight is 1760 g/mol. The molecule has 4 N–H and O–H groups in total. The van der Waals surface area contributed by atoms with Crippen LogP contribution >= 0.6 is 47.8 Å². The molecular formula is C105H93Br3F5N5. The zero-order chi connectivity index (χ0) is 84.4. The van der Waals surface area contributed by atoms with Crippen LogP contribution in [0, 0.1) is 29.1 Å². The summed E-state index contributed by atoms with van der Waals surface area (Å²) in [6.45, 7) is 17.9. The quantitative estimate of drug-likeness (QED) is 0.0575. The van der Waals surface area contributed by atoms with Gasteiger partial charge in [-0.3, -0.25) is 0 Å². The Hall–Kier alpha value is -11.9. The minimum atomic E-state index is -0.291. The molecule has 18 aromatic carbocycles. The van der Waals surface area contributed by atoms with E-state index in [4.69, 9.17) is 7.10 Å². The number of nitrogens with zero attached hydrogens (tertiary/aromatic N) is 2. The van der Waals surface area contributed by atoms with Crippen molar-refractivity contribution in [1.82, 2.24) is 0 Å². The predicted octanol–water partition coefficient (Wildman–Crippen LogP) is 34.0. The third-order valence-corrected chi connectivity index (χ3v) is 22.4. The van der Waals surface area contributed by atoms with E-state index in [0.717, 1.165) is 61.4 Å². The van der Waals surface area contributed by atoms with Crippen molar-refractivity contribution in [2.45, 2.75) is 86.5 Å². The van der Waals surface area contributed by atoms with Crippen molar-refractivity contribution in [2.75, 3.05) is 26.2 Å². The van der Waals surface area contributed by atoms with E-state index in [1.807, 2.05) is 186 Å². The smallest absolute Gasteiger partial charge is 0.147 e. The number of nitrogen functional groups attached to an aromatic ring is 1. The number of nitrogens with one attached hydrogen (secondary N) is 2. The summed E-state index contributed by atoms with van der Waals surface area (Å²) in [5.74, 6) is 0.111. The largest absolute Gasteiger partial charge is 0.399 e. The lowest BCUT2D eigenvalue weighted by Gasteiger charge is -2.31. The number of hydrogen-bond acceptors (Lipinski definition) is 5. The first-order valence-electron chi connectivity index (χ1n) is 40.1. The lowest BCUT2D eigenvalue weighted by atomic mass is 9.84. The molecule has 0 unspecified atom stereocenters. The SMILES string of the molecule is CC(C)c1cc(Br)c2ccc3c(C(C)C)cc(Br)c4ccc1c2c43.CC(C)c1cc(N(c2ccccc2)c2ccccc2F)c2ccc3c(C(C)C)cc(N(c4ccccc4)c4ccccc4F)c4ccc1c2c34.Fc1ccccc1Br.Fc1ccccc1Nc1ccccc1.Fc1ccccc1Nc1ccccc1.Nc1ccccc1.[2H]C. The Kier molecular flexibility index (Phi) is 28.1. The minimum absolute atomic E-state index is 0.194. The fourth-order valence-corrected chi connectivity index (χ4v) is 16.3. The molecule has 0 amide bonds. The maximum atomic E-state index is 15.8. The van der Waals surface area contributed by atoms with E-state index in [0.29, 0.717) is 39.1 Å². The van der Waals surface area contributed by atoms with Gasteiger partial charge in [-0.15, -0.1) is 0 Å². The standard InChI is InChI=1S/C46H38F2N2.C22H20Br2.2C12H10FN.C6H4BrF.C6H7N.CH4/c1-29(2)37-27-43(49(31-15-7-5-8-16-31)41-21-13-11-19-39(41)47)35-26-24-34-38(30(3)4)28-44(36-25-23-33(37)45(35)46(34)36)50(32-17-9-6-10-18-32)42-22-14-12-20-40(42)48;1-11(2)17-9-19(23)15-8-6-14-18(12(3)4)10-20(24)16-7-5-13(17)21(15)22(14)16;2*13-11-8-4-5-9-12(11)14-10-6-2-1-3-7-10;7-5-3-1-2-4-6(5)8;7-6-4-2-1-3-5-6;/h5-30H,1-4H3;5-12H,1-4H3;2*1-9,14H;1-4H;1-5H,7H2;1H4/i;;;;;;1D. The third kappa shape index (κ3) is 19.4. The van der Waals surface area contributed by atoms with E-state index in [2.05, 4.69) is 187 Å². The van der Waals surface area contributed by atoms with Crippen LogP contribution in [0.3, 0.4) is 0 Å². The second-order valence-corrected chi connectivity index (χ2v) is 32.2. The zero-order valence-electron chi connectivity index (χ0n) is 68.2. The monoisotopic (exact) mass is 1760 g/mol. The number of benzene rings is 18. The van der Waals surface area contributed by atoms with Gasteiger partial charge in [-0.05, 0) is 261 Å². The molecule has 0 radical (unpaired) electrons. The van der Waals surface area contributed by atoms with Crippen molar-refractivity contribution < 1.29 is 23.3 Å². The molecule has 0 aromatic heterocycles. The summed E-state index contributed by atoms with van der Waals surface area (Å²) in [5.41, 5.74) is 18.7. The van der Waals surface area contributed by atoms with Gasteiger partial charge < -0.3 is 26.2 Å². The summed E-state index contributed by atoms with van der Waals surface area (Å²) in [5, 5.41) is 20.8. The molecule has 0 saturated heterocycles. The molecule has 0 atom stereocenters. The van der Waals surface area contributed by atoms with E-state index in [1.54, 1.807) is 66.7 Å². The van der Waals surface area contributed by atoms with Gasteiger partial charge in [-0.1, -0.05) is 295 Å². The summed E-state index contributed by atoms with van der Waals surface area (Å²) < 4.78 is 79.0. The Morgan fingerprint density at radius 2 is 0.534 bits per heavy atom.